The van der Waals surface area contributed by atoms with E-state index >= 15 is 0 Å². The molecule has 1 N–H and O–H groups in total. The summed E-state index contributed by atoms with van der Waals surface area (Å²) in [6.45, 7) is 1.45. The third-order valence-corrected chi connectivity index (χ3v) is 5.06. The first-order chi connectivity index (χ1) is 13.4. The van der Waals surface area contributed by atoms with Crippen LogP contribution in [0.4, 0.5) is 0 Å². The Morgan fingerprint density at radius 2 is 1.89 bits per heavy atom. The van der Waals surface area contributed by atoms with Gasteiger partial charge in [0.2, 0.25) is 0 Å². The Balaban J connectivity index is 1.57. The van der Waals surface area contributed by atoms with Crippen LogP contribution in [0.2, 0.25) is 0 Å². The molecule has 5 nitrogen and oxygen atoms in total. The van der Waals surface area contributed by atoms with Gasteiger partial charge in [0.1, 0.15) is 11.8 Å². The minimum atomic E-state index is 0.0153. The van der Waals surface area contributed by atoms with Crippen LogP contribution in [0.25, 0.3) is 22.8 Å². The van der Waals surface area contributed by atoms with Crippen LogP contribution in [-0.4, -0.2) is 26.1 Å². The quantitative estimate of drug-likeness (QED) is 0.595. The molecule has 0 saturated heterocycles. The highest BCUT2D eigenvalue weighted by molar-refractivity contribution is 5.75. The lowest BCUT2D eigenvalue weighted by molar-refractivity contribution is 0.0308. The first-order valence-corrected chi connectivity index (χ1v) is 9.20. The fourth-order valence-electron chi connectivity index (χ4n) is 3.78. The summed E-state index contributed by atoms with van der Waals surface area (Å²) in [6, 6.07) is 18.8. The van der Waals surface area contributed by atoms with Crippen molar-refractivity contribution in [3.8, 4) is 22.8 Å². The molecule has 0 fully saturated rings. The van der Waals surface area contributed by atoms with Crippen LogP contribution in [0.1, 0.15) is 17.2 Å². The first-order valence-electron chi connectivity index (χ1n) is 9.20. The zero-order valence-electron chi connectivity index (χ0n) is 14.9. The van der Waals surface area contributed by atoms with E-state index in [4.69, 9.17) is 9.72 Å². The van der Waals surface area contributed by atoms with Crippen molar-refractivity contribution >= 4 is 0 Å². The Morgan fingerprint density at radius 3 is 2.74 bits per heavy atom. The number of imidazole rings is 2. The van der Waals surface area contributed by atoms with Crippen LogP contribution in [0, 0.1) is 0 Å². The Hall–Kier alpha value is -3.18. The summed E-state index contributed by atoms with van der Waals surface area (Å²) in [5.74, 6) is 0.815. The third kappa shape index (κ3) is 2.96. The molecule has 1 unspecified atom stereocenters. The molecule has 0 amide bonds. The second kappa shape index (κ2) is 6.85. The molecule has 2 aromatic carbocycles. The van der Waals surface area contributed by atoms with E-state index in [0.29, 0.717) is 6.54 Å². The van der Waals surface area contributed by atoms with Crippen LogP contribution in [0.5, 0.6) is 0 Å². The van der Waals surface area contributed by atoms with Gasteiger partial charge in [-0.2, -0.15) is 0 Å². The molecule has 3 heterocycles. The molecule has 0 saturated carbocycles. The summed E-state index contributed by atoms with van der Waals surface area (Å²) in [4.78, 5) is 12.4. The van der Waals surface area contributed by atoms with Gasteiger partial charge in [0.25, 0.3) is 0 Å². The molecule has 0 radical (unpaired) electrons. The van der Waals surface area contributed by atoms with Crippen LogP contribution < -0.4 is 0 Å². The summed E-state index contributed by atoms with van der Waals surface area (Å²) in [6.07, 6.45) is 6.49. The van der Waals surface area contributed by atoms with Crippen LogP contribution >= 0.6 is 0 Å². The molecule has 0 aliphatic carbocycles. The number of aromatic amines is 1. The van der Waals surface area contributed by atoms with Gasteiger partial charge in [-0.1, -0.05) is 54.6 Å². The summed E-state index contributed by atoms with van der Waals surface area (Å²) in [7, 11) is 0. The highest BCUT2D eigenvalue weighted by Crippen LogP contribution is 2.33. The Labute approximate surface area is 157 Å². The fourth-order valence-corrected chi connectivity index (χ4v) is 3.78. The number of H-pyrrole nitrogens is 1. The van der Waals surface area contributed by atoms with Gasteiger partial charge in [-0.3, -0.25) is 0 Å². The monoisotopic (exact) mass is 356 g/mol. The van der Waals surface area contributed by atoms with E-state index in [0.717, 1.165) is 35.8 Å². The Kier molecular flexibility index (Phi) is 4.07. The van der Waals surface area contributed by atoms with Crippen molar-refractivity contribution in [2.75, 3.05) is 6.61 Å². The molecule has 0 spiro atoms. The first kappa shape index (κ1) is 16.0. The van der Waals surface area contributed by atoms with E-state index in [-0.39, 0.29) is 6.10 Å². The largest absolute Gasteiger partial charge is 0.371 e. The zero-order valence-corrected chi connectivity index (χ0v) is 14.9. The average Bonchev–Trinajstić information content (AvgIpc) is 3.38. The zero-order chi connectivity index (χ0) is 18.1. The molecule has 1 aliphatic rings. The summed E-state index contributed by atoms with van der Waals surface area (Å²) >= 11 is 0. The van der Waals surface area contributed by atoms with Crippen molar-refractivity contribution in [2.24, 2.45) is 0 Å². The molecular weight excluding hydrogens is 336 g/mol. The van der Waals surface area contributed by atoms with E-state index in [1.807, 2.05) is 30.7 Å². The van der Waals surface area contributed by atoms with Crippen molar-refractivity contribution in [3.63, 3.8) is 0 Å². The van der Waals surface area contributed by atoms with E-state index in [9.17, 15) is 0 Å². The SMILES string of the molecule is c1ccc(-c2ncn(CC3OCCc4ccccc43)c2-c2ncc[nH]2)cc1. The standard InChI is InChI=1S/C22H20N4O/c1-2-7-17(8-3-1)20-21(22-23-11-12-24-22)26(15-25-20)14-19-18-9-5-4-6-16(18)10-13-27-19/h1-9,11-12,15,19H,10,13-14H2,(H,23,24). The average molecular weight is 356 g/mol. The lowest BCUT2D eigenvalue weighted by Crippen LogP contribution is -2.20. The van der Waals surface area contributed by atoms with Crippen LogP contribution in [-0.2, 0) is 17.7 Å². The summed E-state index contributed by atoms with van der Waals surface area (Å²) in [5, 5.41) is 0. The lowest BCUT2D eigenvalue weighted by atomic mass is 9.97. The van der Waals surface area contributed by atoms with Crippen molar-refractivity contribution in [3.05, 3.63) is 84.4 Å². The number of aromatic nitrogens is 4. The molecule has 2 aromatic heterocycles. The smallest absolute Gasteiger partial charge is 0.156 e. The van der Waals surface area contributed by atoms with Gasteiger partial charge in [-0.15, -0.1) is 0 Å². The van der Waals surface area contributed by atoms with E-state index in [2.05, 4.69) is 50.9 Å². The number of fused-ring (bicyclic) bond motifs is 1. The number of ether oxygens (including phenoxy) is 1. The van der Waals surface area contributed by atoms with Gasteiger partial charge in [0.05, 0.1) is 25.2 Å². The predicted molar refractivity (Wildman–Crippen MR) is 104 cm³/mol. The van der Waals surface area contributed by atoms with Gasteiger partial charge < -0.3 is 14.3 Å². The molecule has 1 atom stereocenters. The number of benzene rings is 2. The topological polar surface area (TPSA) is 55.7 Å². The van der Waals surface area contributed by atoms with Gasteiger partial charge >= 0.3 is 0 Å². The maximum Gasteiger partial charge on any atom is 0.156 e. The summed E-state index contributed by atoms with van der Waals surface area (Å²) < 4.78 is 8.26. The molecule has 4 aromatic rings. The second-order valence-corrected chi connectivity index (χ2v) is 6.71. The normalized spacial score (nSPS) is 16.2. The molecular formula is C22H20N4O. The fraction of sp³-hybridized carbons (Fsp3) is 0.182. The Bertz CT molecular complexity index is 1040. The maximum atomic E-state index is 6.12. The van der Waals surface area contributed by atoms with Crippen molar-refractivity contribution in [1.29, 1.82) is 0 Å². The number of rotatable bonds is 4. The minimum absolute atomic E-state index is 0.0153. The van der Waals surface area contributed by atoms with E-state index < -0.39 is 0 Å². The number of hydrogen-bond acceptors (Lipinski definition) is 3. The highest BCUT2D eigenvalue weighted by Gasteiger charge is 2.24. The Morgan fingerprint density at radius 1 is 1.04 bits per heavy atom. The van der Waals surface area contributed by atoms with E-state index in [1.165, 1.54) is 11.1 Å². The highest BCUT2D eigenvalue weighted by atomic mass is 16.5. The number of nitrogens with one attached hydrogen (secondary N) is 1. The van der Waals surface area contributed by atoms with E-state index in [1.54, 1.807) is 6.20 Å². The minimum Gasteiger partial charge on any atom is -0.371 e. The summed E-state index contributed by atoms with van der Waals surface area (Å²) in [5.41, 5.74) is 5.63. The molecule has 27 heavy (non-hydrogen) atoms. The lowest BCUT2D eigenvalue weighted by Gasteiger charge is -2.26. The van der Waals surface area contributed by atoms with Crippen LogP contribution in [0.15, 0.2) is 73.3 Å². The molecule has 5 rings (SSSR count). The van der Waals surface area contributed by atoms with Crippen LogP contribution in [0.3, 0.4) is 0 Å². The molecule has 134 valence electrons. The molecule has 1 aliphatic heterocycles. The predicted octanol–water partition coefficient (Wildman–Crippen LogP) is 4.25. The molecule has 5 heteroatoms. The van der Waals surface area contributed by atoms with Gasteiger partial charge in [-0.05, 0) is 17.5 Å². The van der Waals surface area contributed by atoms with Gasteiger partial charge in [0, 0.05) is 18.0 Å². The van der Waals surface area contributed by atoms with Crippen molar-refractivity contribution in [2.45, 2.75) is 19.1 Å². The van der Waals surface area contributed by atoms with Gasteiger partial charge in [-0.25, -0.2) is 9.97 Å². The molecule has 0 bridgehead atoms. The second-order valence-electron chi connectivity index (χ2n) is 6.71. The number of nitrogens with zero attached hydrogens (tertiary/aromatic N) is 3. The third-order valence-electron chi connectivity index (χ3n) is 5.06. The van der Waals surface area contributed by atoms with Crippen molar-refractivity contribution in [1.82, 2.24) is 19.5 Å². The van der Waals surface area contributed by atoms with Crippen molar-refractivity contribution < 1.29 is 4.74 Å². The van der Waals surface area contributed by atoms with Gasteiger partial charge in [0.15, 0.2) is 5.82 Å². The maximum absolute atomic E-state index is 6.12. The number of hydrogen-bond donors (Lipinski definition) is 1.